The van der Waals surface area contributed by atoms with Gasteiger partial charge in [-0.3, -0.25) is 4.79 Å². The first-order chi connectivity index (χ1) is 7.47. The predicted molar refractivity (Wildman–Crippen MR) is 53.6 cm³/mol. The number of nitrogens with one attached hydrogen (secondary N) is 1. The molecule has 0 spiro atoms. The van der Waals surface area contributed by atoms with E-state index in [2.05, 4.69) is 5.32 Å². The molecule has 4 atom stereocenters. The monoisotopic (exact) mass is 235 g/mol. The van der Waals surface area contributed by atoms with Crippen molar-refractivity contribution in [2.45, 2.75) is 31.3 Å². The number of hydrogen-bond acceptors (Lipinski definition) is 6. The van der Waals surface area contributed by atoms with Gasteiger partial charge in [0.25, 0.3) is 0 Å². The van der Waals surface area contributed by atoms with Crippen LogP contribution in [0.15, 0.2) is 0 Å². The summed E-state index contributed by atoms with van der Waals surface area (Å²) in [6.45, 7) is 0.564. The van der Waals surface area contributed by atoms with E-state index in [1.54, 1.807) is 0 Å². The van der Waals surface area contributed by atoms with Crippen molar-refractivity contribution in [3.8, 4) is 0 Å². The second-order valence-corrected chi connectivity index (χ2v) is 3.30. The minimum atomic E-state index is -1.44. The van der Waals surface area contributed by atoms with Crippen LogP contribution in [-0.2, 0) is 14.3 Å². The molecule has 4 N–H and O–H groups in total. The Hall–Kier alpha value is -1.02. The van der Waals surface area contributed by atoms with Gasteiger partial charge in [-0.05, 0) is 0 Å². The molecule has 0 rings (SSSR count). The molecular formula is C9H17NO6. The summed E-state index contributed by atoms with van der Waals surface area (Å²) in [7, 11) is 1.21. The van der Waals surface area contributed by atoms with Gasteiger partial charge in [-0.1, -0.05) is 0 Å². The van der Waals surface area contributed by atoms with E-state index in [0.29, 0.717) is 6.29 Å². The largest absolute Gasteiger partial charge is 0.394 e. The molecule has 0 fully saturated rings. The topological polar surface area (TPSA) is 116 Å². The third-order valence-corrected chi connectivity index (χ3v) is 2.06. The Morgan fingerprint density at radius 2 is 2.06 bits per heavy atom. The summed E-state index contributed by atoms with van der Waals surface area (Å²) in [5.41, 5.74) is 0. The number of hydrogen-bond donors (Lipinski definition) is 4. The average Bonchev–Trinajstić information content (AvgIpc) is 2.25. The Morgan fingerprint density at radius 1 is 1.50 bits per heavy atom. The van der Waals surface area contributed by atoms with Gasteiger partial charge < -0.3 is 30.2 Å². The van der Waals surface area contributed by atoms with Gasteiger partial charge in [0, 0.05) is 14.0 Å². The molecule has 0 radical (unpaired) electrons. The van der Waals surface area contributed by atoms with E-state index in [1.807, 2.05) is 0 Å². The first-order valence-corrected chi connectivity index (χ1v) is 4.70. The number of aliphatic hydroxyl groups excluding tert-OH is 3. The standard InChI is InChI=1S/C9H17NO6/c1-5(13)10-6(3-11)8(15)9(16-2)7(14)4-12/h3,6-9,12,14-15H,4H2,1-2H3,(H,10,13)/t6-,7-,8-,9-/m1/s1. The molecule has 0 saturated carbocycles. The van der Waals surface area contributed by atoms with Crippen LogP contribution in [0.3, 0.4) is 0 Å². The molecule has 0 aliphatic heterocycles. The predicted octanol–water partition coefficient (Wildman–Crippen LogP) is -2.58. The second-order valence-electron chi connectivity index (χ2n) is 3.30. The first-order valence-electron chi connectivity index (χ1n) is 4.70. The van der Waals surface area contributed by atoms with Gasteiger partial charge in [-0.2, -0.15) is 0 Å². The average molecular weight is 235 g/mol. The number of carbonyl (C=O) groups is 2. The van der Waals surface area contributed by atoms with Crippen LogP contribution in [-0.4, -0.2) is 65.6 Å². The lowest BCUT2D eigenvalue weighted by molar-refractivity contribution is -0.132. The molecule has 0 aromatic carbocycles. The summed E-state index contributed by atoms with van der Waals surface area (Å²) < 4.78 is 4.76. The quantitative estimate of drug-likeness (QED) is 0.360. The smallest absolute Gasteiger partial charge is 0.217 e. The van der Waals surface area contributed by atoms with Crippen LogP contribution in [0.1, 0.15) is 6.92 Å². The third kappa shape index (κ3) is 4.23. The van der Waals surface area contributed by atoms with Crippen molar-refractivity contribution in [1.82, 2.24) is 5.32 Å². The van der Waals surface area contributed by atoms with Crippen LogP contribution >= 0.6 is 0 Å². The van der Waals surface area contributed by atoms with Crippen LogP contribution in [0.2, 0.25) is 0 Å². The number of methoxy groups -OCH3 is 1. The SMILES string of the molecule is CO[C@@H]([C@H](O)[C@@H](C=O)NC(C)=O)[C@H](O)CO. The summed E-state index contributed by atoms with van der Waals surface area (Å²) in [5, 5.41) is 29.9. The zero-order valence-corrected chi connectivity index (χ0v) is 9.16. The number of carbonyl (C=O) groups excluding carboxylic acids is 2. The van der Waals surface area contributed by atoms with Crippen LogP contribution < -0.4 is 5.32 Å². The van der Waals surface area contributed by atoms with Gasteiger partial charge in [0.05, 0.1) is 6.61 Å². The summed E-state index contributed by atoms with van der Waals surface area (Å²) in [4.78, 5) is 21.4. The molecular weight excluding hydrogens is 218 g/mol. The van der Waals surface area contributed by atoms with E-state index < -0.39 is 36.9 Å². The minimum absolute atomic E-state index is 0.335. The lowest BCUT2D eigenvalue weighted by atomic mass is 10.0. The normalized spacial score (nSPS) is 18.3. The number of aldehydes is 1. The van der Waals surface area contributed by atoms with Gasteiger partial charge in [0.1, 0.15) is 30.6 Å². The molecule has 0 bridgehead atoms. The molecule has 0 heterocycles. The van der Waals surface area contributed by atoms with E-state index in [0.717, 1.165) is 0 Å². The van der Waals surface area contributed by atoms with E-state index in [-0.39, 0.29) is 0 Å². The fourth-order valence-corrected chi connectivity index (χ4v) is 1.27. The van der Waals surface area contributed by atoms with Crippen LogP contribution in [0.4, 0.5) is 0 Å². The maximum atomic E-state index is 10.7. The van der Waals surface area contributed by atoms with Crippen molar-refractivity contribution in [3.05, 3.63) is 0 Å². The molecule has 7 nitrogen and oxygen atoms in total. The molecule has 16 heavy (non-hydrogen) atoms. The van der Waals surface area contributed by atoms with Gasteiger partial charge >= 0.3 is 0 Å². The van der Waals surface area contributed by atoms with E-state index in [9.17, 15) is 19.8 Å². The molecule has 0 aromatic heterocycles. The van der Waals surface area contributed by atoms with Crippen molar-refractivity contribution in [2.75, 3.05) is 13.7 Å². The van der Waals surface area contributed by atoms with Crippen molar-refractivity contribution >= 4 is 12.2 Å². The molecule has 0 saturated heterocycles. The van der Waals surface area contributed by atoms with Crippen LogP contribution in [0, 0.1) is 0 Å². The first kappa shape index (κ1) is 15.0. The third-order valence-electron chi connectivity index (χ3n) is 2.06. The maximum absolute atomic E-state index is 10.7. The minimum Gasteiger partial charge on any atom is -0.394 e. The fourth-order valence-electron chi connectivity index (χ4n) is 1.27. The molecule has 94 valence electrons. The number of ether oxygens (including phenoxy) is 1. The number of aliphatic hydroxyl groups is 3. The Labute approximate surface area is 93.0 Å². The molecule has 1 amide bonds. The van der Waals surface area contributed by atoms with E-state index >= 15 is 0 Å². The molecule has 7 heteroatoms. The lowest BCUT2D eigenvalue weighted by Gasteiger charge is -2.28. The molecule has 0 aliphatic rings. The zero-order chi connectivity index (χ0) is 12.7. The van der Waals surface area contributed by atoms with Crippen LogP contribution in [0.25, 0.3) is 0 Å². The summed E-state index contributed by atoms with van der Waals surface area (Å²) in [6.07, 6.45) is -3.60. The van der Waals surface area contributed by atoms with Crippen molar-refractivity contribution in [2.24, 2.45) is 0 Å². The maximum Gasteiger partial charge on any atom is 0.217 e. The summed E-state index contributed by atoms with van der Waals surface area (Å²) in [5.74, 6) is -0.496. The Balaban J connectivity index is 4.61. The Morgan fingerprint density at radius 3 is 2.38 bits per heavy atom. The Bertz CT molecular complexity index is 234. The highest BCUT2D eigenvalue weighted by molar-refractivity contribution is 5.77. The highest BCUT2D eigenvalue weighted by atomic mass is 16.5. The van der Waals surface area contributed by atoms with Gasteiger partial charge in [-0.25, -0.2) is 0 Å². The highest BCUT2D eigenvalue weighted by Crippen LogP contribution is 2.07. The fraction of sp³-hybridized carbons (Fsp3) is 0.778. The molecule has 0 aliphatic carbocycles. The van der Waals surface area contributed by atoms with Gasteiger partial charge in [0.2, 0.25) is 5.91 Å². The van der Waals surface area contributed by atoms with E-state index in [4.69, 9.17) is 9.84 Å². The highest BCUT2D eigenvalue weighted by Gasteiger charge is 2.33. The van der Waals surface area contributed by atoms with Crippen molar-refractivity contribution < 1.29 is 29.6 Å². The van der Waals surface area contributed by atoms with Crippen LogP contribution in [0.5, 0.6) is 0 Å². The van der Waals surface area contributed by atoms with Crippen molar-refractivity contribution in [1.29, 1.82) is 0 Å². The Kier molecular flexibility index (Phi) is 6.82. The van der Waals surface area contributed by atoms with Gasteiger partial charge in [-0.15, -0.1) is 0 Å². The molecule has 0 aromatic rings. The summed E-state index contributed by atoms with van der Waals surface area (Å²) in [6, 6.07) is -1.19. The summed E-state index contributed by atoms with van der Waals surface area (Å²) >= 11 is 0. The molecule has 0 unspecified atom stereocenters. The number of amides is 1. The second kappa shape index (κ2) is 7.29. The van der Waals surface area contributed by atoms with Gasteiger partial charge in [0.15, 0.2) is 0 Å². The zero-order valence-electron chi connectivity index (χ0n) is 9.16. The lowest BCUT2D eigenvalue weighted by Crippen LogP contribution is -2.53. The number of rotatable bonds is 7. The van der Waals surface area contributed by atoms with Crippen molar-refractivity contribution in [3.63, 3.8) is 0 Å². The van der Waals surface area contributed by atoms with E-state index in [1.165, 1.54) is 14.0 Å².